The van der Waals surface area contributed by atoms with Crippen molar-refractivity contribution in [2.24, 2.45) is 0 Å². The molecule has 2 aromatic heterocycles. The number of H-pyrrole nitrogens is 1. The zero-order chi connectivity index (χ0) is 17.9. The summed E-state index contributed by atoms with van der Waals surface area (Å²) in [5, 5.41) is 4.74. The van der Waals surface area contributed by atoms with E-state index < -0.39 is 0 Å². The molecule has 0 saturated carbocycles. The molecule has 1 aliphatic rings. The first-order chi connectivity index (χ1) is 12.7. The Labute approximate surface area is 156 Å². The highest BCUT2D eigenvalue weighted by Crippen LogP contribution is 2.30. The van der Waals surface area contributed by atoms with Gasteiger partial charge in [-0.3, -0.25) is 9.69 Å². The molecule has 0 unspecified atom stereocenters. The van der Waals surface area contributed by atoms with Crippen molar-refractivity contribution in [3.05, 3.63) is 65.5 Å². The topological polar surface area (TPSA) is 61.0 Å². The minimum absolute atomic E-state index is 0.0395. The second kappa shape index (κ2) is 7.32. The van der Waals surface area contributed by atoms with Gasteiger partial charge in [-0.15, -0.1) is 0 Å². The lowest BCUT2D eigenvalue weighted by Gasteiger charge is -2.25. The maximum atomic E-state index is 12.2. The van der Waals surface area contributed by atoms with Gasteiger partial charge in [0, 0.05) is 47.0 Å². The highest BCUT2D eigenvalue weighted by Gasteiger charge is 2.17. The third-order valence-corrected chi connectivity index (χ3v) is 4.82. The third-order valence-electron chi connectivity index (χ3n) is 4.58. The highest BCUT2D eigenvalue weighted by atomic mass is 35.5. The van der Waals surface area contributed by atoms with Gasteiger partial charge in [-0.1, -0.05) is 29.8 Å². The van der Waals surface area contributed by atoms with Crippen LogP contribution in [0.2, 0.25) is 5.02 Å². The molecule has 0 aliphatic carbocycles. The van der Waals surface area contributed by atoms with E-state index in [1.165, 1.54) is 16.5 Å². The average molecular weight is 367 g/mol. The van der Waals surface area contributed by atoms with Gasteiger partial charge in [-0.2, -0.15) is 0 Å². The number of benzene rings is 1. The Hall–Kier alpha value is -2.63. The van der Waals surface area contributed by atoms with Crippen molar-refractivity contribution >= 4 is 39.8 Å². The number of nitrogens with one attached hydrogen (secondary N) is 2. The van der Waals surface area contributed by atoms with Crippen LogP contribution in [-0.4, -0.2) is 40.4 Å². The molecule has 132 valence electrons. The van der Waals surface area contributed by atoms with E-state index in [0.717, 1.165) is 30.0 Å². The van der Waals surface area contributed by atoms with Crippen molar-refractivity contribution in [2.45, 2.75) is 6.42 Å². The molecule has 2 N–H and O–H groups in total. The van der Waals surface area contributed by atoms with Crippen LogP contribution in [-0.2, 0) is 4.79 Å². The number of aromatic nitrogens is 2. The predicted octanol–water partition coefficient (Wildman–Crippen LogP) is 3.94. The molecule has 0 radical (unpaired) electrons. The molecule has 0 bridgehead atoms. The Morgan fingerprint density at radius 3 is 3.00 bits per heavy atom. The van der Waals surface area contributed by atoms with Crippen molar-refractivity contribution in [3.63, 3.8) is 0 Å². The summed E-state index contributed by atoms with van der Waals surface area (Å²) in [6.07, 6.45) is 6.82. The number of hydrogen-bond donors (Lipinski definition) is 2. The average Bonchev–Trinajstić information content (AvgIpc) is 3.06. The van der Waals surface area contributed by atoms with E-state index in [0.29, 0.717) is 12.4 Å². The third kappa shape index (κ3) is 3.64. The molecule has 4 rings (SSSR count). The molecule has 26 heavy (non-hydrogen) atoms. The van der Waals surface area contributed by atoms with E-state index in [1.807, 2.05) is 30.5 Å². The van der Waals surface area contributed by atoms with E-state index in [9.17, 15) is 4.79 Å². The minimum Gasteiger partial charge on any atom is -0.361 e. The summed E-state index contributed by atoms with van der Waals surface area (Å²) in [5.41, 5.74) is 3.57. The van der Waals surface area contributed by atoms with Crippen LogP contribution in [0, 0.1) is 0 Å². The fourth-order valence-corrected chi connectivity index (χ4v) is 3.46. The zero-order valence-corrected chi connectivity index (χ0v) is 15.0. The van der Waals surface area contributed by atoms with Crippen LogP contribution in [0.5, 0.6) is 0 Å². The lowest BCUT2D eigenvalue weighted by atomic mass is 9.99. The van der Waals surface area contributed by atoms with Crippen molar-refractivity contribution in [1.82, 2.24) is 14.9 Å². The predicted molar refractivity (Wildman–Crippen MR) is 105 cm³/mol. The molecule has 1 aromatic carbocycles. The molecule has 6 heteroatoms. The number of rotatable bonds is 4. The Morgan fingerprint density at radius 2 is 2.23 bits per heavy atom. The van der Waals surface area contributed by atoms with Gasteiger partial charge in [0.2, 0.25) is 5.91 Å². The van der Waals surface area contributed by atoms with Gasteiger partial charge in [0.15, 0.2) is 0 Å². The summed E-state index contributed by atoms with van der Waals surface area (Å²) < 4.78 is 0. The molecule has 0 saturated heterocycles. The molecule has 0 atom stereocenters. The van der Waals surface area contributed by atoms with Gasteiger partial charge in [0.1, 0.15) is 5.82 Å². The maximum absolute atomic E-state index is 12.2. The Kier molecular flexibility index (Phi) is 4.73. The number of carbonyl (C=O) groups excluding carboxylic acids is 1. The number of nitrogens with zero attached hydrogens (tertiary/aromatic N) is 2. The van der Waals surface area contributed by atoms with Gasteiger partial charge in [0.25, 0.3) is 0 Å². The van der Waals surface area contributed by atoms with Gasteiger partial charge in [-0.05, 0) is 36.3 Å². The lowest BCUT2D eigenvalue weighted by molar-refractivity contribution is -0.117. The van der Waals surface area contributed by atoms with E-state index in [-0.39, 0.29) is 5.91 Å². The number of amides is 1. The second-order valence-electron chi connectivity index (χ2n) is 6.37. The number of halogens is 1. The smallest absolute Gasteiger partial charge is 0.239 e. The number of carbonyl (C=O) groups is 1. The summed E-state index contributed by atoms with van der Waals surface area (Å²) >= 11 is 6.06. The van der Waals surface area contributed by atoms with E-state index >= 15 is 0 Å². The van der Waals surface area contributed by atoms with Crippen molar-refractivity contribution < 1.29 is 4.79 Å². The molecule has 5 nitrogen and oxygen atoms in total. The molecule has 1 aliphatic heterocycles. The normalized spacial score (nSPS) is 15.0. The van der Waals surface area contributed by atoms with Crippen LogP contribution >= 0.6 is 11.6 Å². The zero-order valence-electron chi connectivity index (χ0n) is 14.2. The largest absolute Gasteiger partial charge is 0.361 e. The Morgan fingerprint density at radius 1 is 1.31 bits per heavy atom. The second-order valence-corrected chi connectivity index (χ2v) is 6.81. The van der Waals surface area contributed by atoms with Crippen LogP contribution in [0.3, 0.4) is 0 Å². The van der Waals surface area contributed by atoms with Gasteiger partial charge >= 0.3 is 0 Å². The Balaban J connectivity index is 1.40. The van der Waals surface area contributed by atoms with Crippen LogP contribution < -0.4 is 5.32 Å². The maximum Gasteiger partial charge on any atom is 0.239 e. The number of fused-ring (bicyclic) bond motifs is 1. The first-order valence-corrected chi connectivity index (χ1v) is 8.96. The number of anilines is 1. The van der Waals surface area contributed by atoms with Crippen molar-refractivity contribution in [3.8, 4) is 0 Å². The first kappa shape index (κ1) is 16.8. The van der Waals surface area contributed by atoms with Crippen LogP contribution in [0.25, 0.3) is 16.5 Å². The highest BCUT2D eigenvalue weighted by molar-refractivity contribution is 6.31. The molecule has 1 amide bonds. The van der Waals surface area contributed by atoms with Crippen molar-refractivity contribution in [1.29, 1.82) is 0 Å². The number of pyridine rings is 1. The molecule has 3 heterocycles. The van der Waals surface area contributed by atoms with Crippen LogP contribution in [0.15, 0.2) is 54.9 Å². The van der Waals surface area contributed by atoms with Gasteiger partial charge < -0.3 is 10.3 Å². The van der Waals surface area contributed by atoms with Crippen LogP contribution in [0.4, 0.5) is 5.82 Å². The fourth-order valence-electron chi connectivity index (χ4n) is 3.29. The van der Waals surface area contributed by atoms with Gasteiger partial charge in [0.05, 0.1) is 6.54 Å². The van der Waals surface area contributed by atoms with E-state index in [1.54, 1.807) is 12.3 Å². The lowest BCUT2D eigenvalue weighted by Crippen LogP contribution is -2.36. The first-order valence-electron chi connectivity index (χ1n) is 8.58. The van der Waals surface area contributed by atoms with Gasteiger partial charge in [-0.25, -0.2) is 4.98 Å². The minimum atomic E-state index is -0.0395. The summed E-state index contributed by atoms with van der Waals surface area (Å²) in [6, 6.07) is 11.4. The SMILES string of the molecule is O=C(CN1CC=C(c2c[nH]c3cc(Cl)ccc23)CC1)Nc1ccccn1. The van der Waals surface area contributed by atoms with E-state index in [2.05, 4.69) is 32.3 Å². The summed E-state index contributed by atoms with van der Waals surface area (Å²) in [6.45, 7) is 1.97. The summed E-state index contributed by atoms with van der Waals surface area (Å²) in [7, 11) is 0. The number of hydrogen-bond acceptors (Lipinski definition) is 3. The fraction of sp³-hybridized carbons (Fsp3) is 0.200. The van der Waals surface area contributed by atoms with Crippen molar-refractivity contribution in [2.75, 3.05) is 25.0 Å². The molecule has 3 aromatic rings. The standard InChI is InChI=1S/C20H19ClN4O/c21-15-4-5-16-17(12-23-18(16)11-15)14-6-9-25(10-7-14)13-20(26)24-19-3-1-2-8-22-19/h1-6,8,11-12,23H,7,9-10,13H2,(H,22,24,26). The molecular weight excluding hydrogens is 348 g/mol. The molecular formula is C20H19ClN4O. The Bertz CT molecular complexity index is 964. The van der Waals surface area contributed by atoms with Crippen LogP contribution in [0.1, 0.15) is 12.0 Å². The number of aromatic amines is 1. The summed E-state index contributed by atoms with van der Waals surface area (Å²) in [5.74, 6) is 0.547. The quantitative estimate of drug-likeness (QED) is 0.735. The summed E-state index contributed by atoms with van der Waals surface area (Å²) in [4.78, 5) is 21.7. The molecule has 0 fully saturated rings. The molecule has 0 spiro atoms. The van der Waals surface area contributed by atoms with E-state index in [4.69, 9.17) is 11.6 Å². The monoisotopic (exact) mass is 366 g/mol.